The molecule has 1 amide bonds. The minimum Gasteiger partial charge on any atom is -0.494 e. The van der Waals surface area contributed by atoms with E-state index in [9.17, 15) is 9.59 Å². The van der Waals surface area contributed by atoms with Crippen LogP contribution in [0.2, 0.25) is 10.0 Å². The molecule has 0 saturated heterocycles. The summed E-state index contributed by atoms with van der Waals surface area (Å²) in [5.74, 6) is -0.860. The maximum atomic E-state index is 11.8. The van der Waals surface area contributed by atoms with Crippen molar-refractivity contribution in [2.75, 3.05) is 34.0 Å². The molecule has 0 unspecified atom stereocenters. The molecule has 0 saturated carbocycles. The highest BCUT2D eigenvalue weighted by molar-refractivity contribution is 6.37. The number of amides is 1. The Morgan fingerprint density at radius 1 is 1.19 bits per heavy atom. The Hall–Kier alpha value is -1.50. The number of carbonyl (C=O) groups excluding carboxylic acids is 2. The molecule has 0 radical (unpaired) electrons. The zero-order valence-corrected chi connectivity index (χ0v) is 13.1. The van der Waals surface area contributed by atoms with Crippen LogP contribution in [-0.4, -0.2) is 45.9 Å². The molecule has 0 heterocycles. The second-order valence-corrected chi connectivity index (χ2v) is 4.71. The largest absolute Gasteiger partial charge is 0.494 e. The number of rotatable bonds is 7. The van der Waals surface area contributed by atoms with Crippen LogP contribution in [0.1, 0.15) is 10.4 Å². The van der Waals surface area contributed by atoms with E-state index < -0.39 is 18.5 Å². The summed E-state index contributed by atoms with van der Waals surface area (Å²) in [5, 5.41) is 2.88. The summed E-state index contributed by atoms with van der Waals surface area (Å²) < 4.78 is 14.6. The summed E-state index contributed by atoms with van der Waals surface area (Å²) in [7, 11) is 2.93. The summed E-state index contributed by atoms with van der Waals surface area (Å²) in [4.78, 5) is 23.2. The van der Waals surface area contributed by atoms with Gasteiger partial charge in [-0.25, -0.2) is 4.79 Å². The minimum atomic E-state index is -0.705. The normalized spacial score (nSPS) is 10.1. The summed E-state index contributed by atoms with van der Waals surface area (Å²) >= 11 is 11.8. The van der Waals surface area contributed by atoms with Crippen LogP contribution in [0.3, 0.4) is 0 Å². The standard InChI is InChI=1S/C13H15Cl2NO5/c1-19-4-3-16-11(17)7-21-13(18)8-5-9(14)12(20-2)10(15)6-8/h5-6H,3-4,7H2,1-2H3,(H,16,17). The molecule has 0 bridgehead atoms. The first-order chi connectivity index (χ1) is 9.99. The van der Waals surface area contributed by atoms with E-state index >= 15 is 0 Å². The Labute approximate surface area is 132 Å². The van der Waals surface area contributed by atoms with Crippen molar-refractivity contribution < 1.29 is 23.8 Å². The molecule has 0 aromatic heterocycles. The van der Waals surface area contributed by atoms with Gasteiger partial charge in [-0.15, -0.1) is 0 Å². The lowest BCUT2D eigenvalue weighted by Crippen LogP contribution is -2.31. The third-order valence-electron chi connectivity index (χ3n) is 2.40. The summed E-state index contributed by atoms with van der Waals surface area (Å²) in [6.45, 7) is 0.320. The first kappa shape index (κ1) is 17.6. The van der Waals surface area contributed by atoms with Crippen LogP contribution in [-0.2, 0) is 14.3 Å². The Balaban J connectivity index is 2.58. The maximum Gasteiger partial charge on any atom is 0.338 e. The van der Waals surface area contributed by atoms with E-state index in [2.05, 4.69) is 5.32 Å². The van der Waals surface area contributed by atoms with Gasteiger partial charge in [0.15, 0.2) is 12.4 Å². The van der Waals surface area contributed by atoms with E-state index in [0.29, 0.717) is 13.2 Å². The topological polar surface area (TPSA) is 73.9 Å². The average molecular weight is 336 g/mol. The van der Waals surface area contributed by atoms with E-state index in [0.717, 1.165) is 0 Å². The number of hydrogen-bond donors (Lipinski definition) is 1. The van der Waals surface area contributed by atoms with Crippen LogP contribution in [0.4, 0.5) is 0 Å². The molecular weight excluding hydrogens is 321 g/mol. The van der Waals surface area contributed by atoms with Crippen molar-refractivity contribution in [1.29, 1.82) is 0 Å². The van der Waals surface area contributed by atoms with Gasteiger partial charge in [-0.3, -0.25) is 4.79 Å². The van der Waals surface area contributed by atoms with Crippen molar-refractivity contribution in [3.05, 3.63) is 27.7 Å². The molecule has 0 fully saturated rings. The zero-order chi connectivity index (χ0) is 15.8. The van der Waals surface area contributed by atoms with Gasteiger partial charge in [-0.05, 0) is 12.1 Å². The van der Waals surface area contributed by atoms with E-state index in [1.807, 2.05) is 0 Å². The van der Waals surface area contributed by atoms with Gasteiger partial charge in [-0.1, -0.05) is 23.2 Å². The molecule has 0 aliphatic heterocycles. The molecule has 1 N–H and O–H groups in total. The highest BCUT2D eigenvalue weighted by Crippen LogP contribution is 2.33. The molecule has 0 spiro atoms. The van der Waals surface area contributed by atoms with E-state index in [4.69, 9.17) is 37.4 Å². The van der Waals surface area contributed by atoms with Crippen molar-refractivity contribution in [2.45, 2.75) is 0 Å². The first-order valence-electron chi connectivity index (χ1n) is 5.95. The molecule has 1 aromatic carbocycles. The lowest BCUT2D eigenvalue weighted by atomic mass is 10.2. The Bertz CT molecular complexity index is 498. The van der Waals surface area contributed by atoms with E-state index in [-0.39, 0.29) is 21.4 Å². The Morgan fingerprint density at radius 3 is 2.33 bits per heavy atom. The average Bonchev–Trinajstić information content (AvgIpc) is 2.44. The van der Waals surface area contributed by atoms with Gasteiger partial charge in [-0.2, -0.15) is 0 Å². The Morgan fingerprint density at radius 2 is 1.81 bits per heavy atom. The lowest BCUT2D eigenvalue weighted by molar-refractivity contribution is -0.124. The molecule has 116 valence electrons. The number of halogens is 2. The summed E-state index contributed by atoms with van der Waals surface area (Å²) in [6, 6.07) is 2.72. The van der Waals surface area contributed by atoms with E-state index in [1.165, 1.54) is 26.4 Å². The predicted octanol–water partition coefficient (Wildman–Crippen LogP) is 1.92. The molecule has 0 atom stereocenters. The van der Waals surface area contributed by atoms with Gasteiger partial charge in [0, 0.05) is 13.7 Å². The van der Waals surface area contributed by atoms with Crippen LogP contribution < -0.4 is 10.1 Å². The van der Waals surface area contributed by atoms with Gasteiger partial charge < -0.3 is 19.5 Å². The second-order valence-electron chi connectivity index (χ2n) is 3.89. The third kappa shape index (κ3) is 5.41. The maximum absolute atomic E-state index is 11.8. The predicted molar refractivity (Wildman–Crippen MR) is 78.2 cm³/mol. The second kappa shape index (κ2) is 8.71. The molecule has 21 heavy (non-hydrogen) atoms. The van der Waals surface area contributed by atoms with Gasteiger partial charge in [0.2, 0.25) is 0 Å². The highest BCUT2D eigenvalue weighted by Gasteiger charge is 2.15. The number of esters is 1. The number of benzene rings is 1. The van der Waals surface area contributed by atoms with Gasteiger partial charge >= 0.3 is 5.97 Å². The van der Waals surface area contributed by atoms with Gasteiger partial charge in [0.05, 0.1) is 29.3 Å². The van der Waals surface area contributed by atoms with Gasteiger partial charge in [0.25, 0.3) is 5.91 Å². The summed E-state index contributed by atoms with van der Waals surface area (Å²) in [5.41, 5.74) is 0.135. The monoisotopic (exact) mass is 335 g/mol. The molecule has 1 rings (SSSR count). The minimum absolute atomic E-state index is 0.135. The third-order valence-corrected chi connectivity index (χ3v) is 2.96. The molecule has 8 heteroatoms. The molecular formula is C13H15Cl2NO5. The number of carbonyl (C=O) groups is 2. The number of hydrogen-bond acceptors (Lipinski definition) is 5. The van der Waals surface area contributed by atoms with Crippen LogP contribution in [0, 0.1) is 0 Å². The van der Waals surface area contributed by atoms with Crippen molar-refractivity contribution >= 4 is 35.1 Å². The van der Waals surface area contributed by atoms with Crippen molar-refractivity contribution in [3.63, 3.8) is 0 Å². The SMILES string of the molecule is COCCNC(=O)COC(=O)c1cc(Cl)c(OC)c(Cl)c1. The van der Waals surface area contributed by atoms with Crippen molar-refractivity contribution in [1.82, 2.24) is 5.32 Å². The molecule has 6 nitrogen and oxygen atoms in total. The van der Waals surface area contributed by atoms with Crippen LogP contribution in [0.15, 0.2) is 12.1 Å². The van der Waals surface area contributed by atoms with Crippen LogP contribution in [0.5, 0.6) is 5.75 Å². The zero-order valence-electron chi connectivity index (χ0n) is 11.6. The highest BCUT2D eigenvalue weighted by atomic mass is 35.5. The fourth-order valence-corrected chi connectivity index (χ4v) is 2.07. The van der Waals surface area contributed by atoms with E-state index in [1.54, 1.807) is 0 Å². The van der Waals surface area contributed by atoms with Crippen LogP contribution in [0.25, 0.3) is 0 Å². The lowest BCUT2D eigenvalue weighted by Gasteiger charge is -2.09. The quantitative estimate of drug-likeness (QED) is 0.608. The summed E-state index contributed by atoms with van der Waals surface area (Å²) in [6.07, 6.45) is 0. The van der Waals surface area contributed by atoms with Crippen molar-refractivity contribution in [2.24, 2.45) is 0 Å². The number of methoxy groups -OCH3 is 2. The first-order valence-corrected chi connectivity index (χ1v) is 6.71. The smallest absolute Gasteiger partial charge is 0.338 e. The Kier molecular flexibility index (Phi) is 7.28. The fourth-order valence-electron chi connectivity index (χ4n) is 1.43. The number of ether oxygens (including phenoxy) is 3. The molecule has 1 aromatic rings. The molecule has 0 aliphatic carbocycles. The number of nitrogens with one attached hydrogen (secondary N) is 1. The fraction of sp³-hybridized carbons (Fsp3) is 0.385. The van der Waals surface area contributed by atoms with Crippen molar-refractivity contribution in [3.8, 4) is 5.75 Å². The van der Waals surface area contributed by atoms with Crippen LogP contribution >= 0.6 is 23.2 Å². The van der Waals surface area contributed by atoms with Gasteiger partial charge in [0.1, 0.15) is 0 Å². The molecule has 0 aliphatic rings.